The molecule has 0 radical (unpaired) electrons. The van der Waals surface area contributed by atoms with Gasteiger partial charge in [-0.25, -0.2) is 17.6 Å². The lowest BCUT2D eigenvalue weighted by Gasteiger charge is -2.36. The zero-order valence-electron chi connectivity index (χ0n) is 15.1. The zero-order valence-corrected chi connectivity index (χ0v) is 15.9. The monoisotopic (exact) mass is 384 g/mol. The SMILES string of the molecule is CC(C)OC(=O)N1CCC(N[C@H]2CCS(=O)(=O)c3ccc(F)cc32)CC1. The highest BCUT2D eigenvalue weighted by Crippen LogP contribution is 2.33. The van der Waals surface area contributed by atoms with Crippen molar-refractivity contribution in [3.8, 4) is 0 Å². The number of sulfone groups is 1. The van der Waals surface area contributed by atoms with Gasteiger partial charge in [-0.15, -0.1) is 0 Å². The topological polar surface area (TPSA) is 75.7 Å². The molecule has 2 heterocycles. The van der Waals surface area contributed by atoms with Crippen molar-refractivity contribution >= 4 is 15.9 Å². The predicted molar refractivity (Wildman–Crippen MR) is 95.2 cm³/mol. The molecule has 0 bridgehead atoms. The zero-order chi connectivity index (χ0) is 18.9. The van der Waals surface area contributed by atoms with Crippen LogP contribution in [0.15, 0.2) is 23.1 Å². The number of rotatable bonds is 3. The van der Waals surface area contributed by atoms with Gasteiger partial charge >= 0.3 is 6.09 Å². The molecule has 8 heteroatoms. The molecule has 1 atom stereocenters. The lowest BCUT2D eigenvalue weighted by molar-refractivity contribution is 0.0671. The second-order valence-corrected chi connectivity index (χ2v) is 9.28. The maximum atomic E-state index is 13.7. The van der Waals surface area contributed by atoms with Crippen molar-refractivity contribution in [2.24, 2.45) is 0 Å². The maximum absolute atomic E-state index is 13.7. The number of halogens is 1. The fourth-order valence-corrected chi connectivity index (χ4v) is 5.18. The Morgan fingerprint density at radius 3 is 2.62 bits per heavy atom. The summed E-state index contributed by atoms with van der Waals surface area (Å²) in [6.45, 7) is 4.81. The second-order valence-electron chi connectivity index (χ2n) is 7.20. The van der Waals surface area contributed by atoms with Crippen molar-refractivity contribution < 1.29 is 22.3 Å². The average Bonchev–Trinajstić information content (AvgIpc) is 2.57. The molecule has 1 aromatic carbocycles. The van der Waals surface area contributed by atoms with E-state index in [4.69, 9.17) is 4.74 Å². The fraction of sp³-hybridized carbons (Fsp3) is 0.611. The van der Waals surface area contributed by atoms with Gasteiger partial charge in [-0.05, 0) is 56.9 Å². The van der Waals surface area contributed by atoms with E-state index in [1.807, 2.05) is 13.8 Å². The first kappa shape index (κ1) is 19.1. The molecular weight excluding hydrogens is 359 g/mol. The third kappa shape index (κ3) is 4.17. The summed E-state index contributed by atoms with van der Waals surface area (Å²) in [6.07, 6.45) is 1.49. The van der Waals surface area contributed by atoms with Crippen LogP contribution < -0.4 is 5.32 Å². The van der Waals surface area contributed by atoms with Gasteiger partial charge in [-0.3, -0.25) is 0 Å². The van der Waals surface area contributed by atoms with E-state index < -0.39 is 15.7 Å². The van der Waals surface area contributed by atoms with Crippen molar-refractivity contribution in [3.63, 3.8) is 0 Å². The smallest absolute Gasteiger partial charge is 0.410 e. The normalized spacial score (nSPS) is 22.9. The van der Waals surface area contributed by atoms with Crippen LogP contribution in [0.3, 0.4) is 0 Å². The number of fused-ring (bicyclic) bond motifs is 1. The molecule has 1 amide bonds. The van der Waals surface area contributed by atoms with Crippen LogP contribution in [0.5, 0.6) is 0 Å². The average molecular weight is 384 g/mol. The highest BCUT2D eigenvalue weighted by Gasteiger charge is 2.33. The number of ether oxygens (including phenoxy) is 1. The largest absolute Gasteiger partial charge is 0.447 e. The van der Waals surface area contributed by atoms with E-state index in [0.29, 0.717) is 25.1 Å². The highest BCUT2D eigenvalue weighted by molar-refractivity contribution is 7.91. The molecular formula is C18H25FN2O4S. The van der Waals surface area contributed by atoms with E-state index in [-0.39, 0.29) is 34.9 Å². The molecule has 6 nitrogen and oxygen atoms in total. The van der Waals surface area contributed by atoms with Crippen LogP contribution in [0, 0.1) is 5.82 Å². The van der Waals surface area contributed by atoms with E-state index >= 15 is 0 Å². The summed E-state index contributed by atoms with van der Waals surface area (Å²) in [5.41, 5.74) is 0.512. The van der Waals surface area contributed by atoms with Gasteiger partial charge < -0.3 is 15.0 Å². The van der Waals surface area contributed by atoms with Crippen LogP contribution in [0.1, 0.15) is 44.7 Å². The van der Waals surface area contributed by atoms with Crippen LogP contribution in [0.2, 0.25) is 0 Å². The Bertz CT molecular complexity index is 773. The van der Waals surface area contributed by atoms with Crippen LogP contribution in [-0.2, 0) is 14.6 Å². The van der Waals surface area contributed by atoms with E-state index in [2.05, 4.69) is 5.32 Å². The number of carbonyl (C=O) groups is 1. The Morgan fingerprint density at radius 1 is 1.27 bits per heavy atom. The molecule has 0 saturated carbocycles. The van der Waals surface area contributed by atoms with Crippen LogP contribution >= 0.6 is 0 Å². The molecule has 0 aromatic heterocycles. The van der Waals surface area contributed by atoms with Gasteiger partial charge in [-0.1, -0.05) is 0 Å². The van der Waals surface area contributed by atoms with E-state index in [1.54, 1.807) is 4.90 Å². The Labute approximate surface area is 153 Å². The summed E-state index contributed by atoms with van der Waals surface area (Å²) in [6, 6.07) is 3.83. The minimum atomic E-state index is -3.34. The number of hydrogen-bond donors (Lipinski definition) is 1. The first-order valence-corrected chi connectivity index (χ1v) is 10.7. The van der Waals surface area contributed by atoms with Gasteiger partial charge in [-0.2, -0.15) is 0 Å². The molecule has 1 saturated heterocycles. The van der Waals surface area contributed by atoms with Crippen LogP contribution in [0.25, 0.3) is 0 Å². The Kier molecular flexibility index (Phi) is 5.53. The van der Waals surface area contributed by atoms with Gasteiger partial charge in [0.1, 0.15) is 5.82 Å². The molecule has 3 rings (SSSR count). The first-order chi connectivity index (χ1) is 12.3. The summed E-state index contributed by atoms with van der Waals surface area (Å²) in [7, 11) is -3.34. The number of nitrogens with zero attached hydrogens (tertiary/aromatic N) is 1. The Hall–Kier alpha value is -1.67. The number of carbonyl (C=O) groups excluding carboxylic acids is 1. The molecule has 26 heavy (non-hydrogen) atoms. The van der Waals surface area contributed by atoms with Crippen molar-refractivity contribution in [1.82, 2.24) is 10.2 Å². The fourth-order valence-electron chi connectivity index (χ4n) is 3.58. The lowest BCUT2D eigenvalue weighted by atomic mass is 9.99. The van der Waals surface area contributed by atoms with Crippen molar-refractivity contribution in [3.05, 3.63) is 29.6 Å². The highest BCUT2D eigenvalue weighted by atomic mass is 32.2. The molecule has 2 aliphatic rings. The Morgan fingerprint density at radius 2 is 1.96 bits per heavy atom. The summed E-state index contributed by atoms with van der Waals surface area (Å²) in [5.74, 6) is -0.373. The second kappa shape index (κ2) is 7.52. The van der Waals surface area contributed by atoms with Gasteiger partial charge in [0.05, 0.1) is 16.8 Å². The summed E-state index contributed by atoms with van der Waals surface area (Å²) in [5, 5.41) is 3.47. The lowest BCUT2D eigenvalue weighted by Crippen LogP contribution is -2.47. The van der Waals surface area contributed by atoms with Crippen LogP contribution in [-0.4, -0.2) is 50.4 Å². The van der Waals surface area contributed by atoms with Gasteiger partial charge in [0.15, 0.2) is 9.84 Å². The summed E-state index contributed by atoms with van der Waals surface area (Å²) < 4.78 is 43.3. The molecule has 1 N–H and O–H groups in total. The molecule has 0 unspecified atom stereocenters. The third-order valence-electron chi connectivity index (χ3n) is 4.88. The standard InChI is InChI=1S/C18H25FN2O4S/c1-12(2)25-18(22)21-8-5-14(6-9-21)20-16-7-10-26(23,24)17-4-3-13(19)11-15(16)17/h3-4,11-12,14,16,20H,5-10H2,1-2H3/t16-/m0/s1. The number of hydrogen-bond acceptors (Lipinski definition) is 5. The van der Waals surface area contributed by atoms with Crippen molar-refractivity contribution in [1.29, 1.82) is 0 Å². The number of likely N-dealkylation sites (tertiary alicyclic amines) is 1. The van der Waals surface area contributed by atoms with Crippen molar-refractivity contribution in [2.75, 3.05) is 18.8 Å². The van der Waals surface area contributed by atoms with Gasteiger partial charge in [0.25, 0.3) is 0 Å². The maximum Gasteiger partial charge on any atom is 0.410 e. The van der Waals surface area contributed by atoms with Crippen LogP contribution in [0.4, 0.5) is 9.18 Å². The molecule has 2 aliphatic heterocycles. The Balaban J connectivity index is 1.64. The minimum Gasteiger partial charge on any atom is -0.447 e. The molecule has 1 aromatic rings. The molecule has 144 valence electrons. The summed E-state index contributed by atoms with van der Waals surface area (Å²) in [4.78, 5) is 13.9. The van der Waals surface area contributed by atoms with Gasteiger partial charge in [0, 0.05) is 25.2 Å². The quantitative estimate of drug-likeness (QED) is 0.811. The first-order valence-electron chi connectivity index (χ1n) is 9.00. The predicted octanol–water partition coefficient (Wildman–Crippen LogP) is 2.64. The van der Waals surface area contributed by atoms with Crippen molar-refractivity contribution in [2.45, 2.75) is 56.2 Å². The number of amides is 1. The van der Waals surface area contributed by atoms with E-state index in [9.17, 15) is 17.6 Å². The number of nitrogens with one attached hydrogen (secondary N) is 1. The number of piperidine rings is 1. The minimum absolute atomic E-state index is 0.0584. The van der Waals surface area contributed by atoms with Gasteiger partial charge in [0.2, 0.25) is 0 Å². The van der Waals surface area contributed by atoms with E-state index in [0.717, 1.165) is 12.8 Å². The number of benzene rings is 1. The summed E-state index contributed by atoms with van der Waals surface area (Å²) >= 11 is 0. The van der Waals surface area contributed by atoms with E-state index in [1.165, 1.54) is 18.2 Å². The molecule has 0 spiro atoms. The third-order valence-corrected chi connectivity index (χ3v) is 6.70. The molecule has 1 fully saturated rings. The molecule has 0 aliphatic carbocycles.